The third-order valence-corrected chi connectivity index (χ3v) is 4.32. The number of hydrogen-bond acceptors (Lipinski definition) is 6. The molecule has 8 nitrogen and oxygen atoms in total. The number of rotatable bonds is 4. The Morgan fingerprint density at radius 3 is 2.33 bits per heavy atom. The number of benzene rings is 1. The molecule has 0 atom stereocenters. The molecule has 1 saturated heterocycles. The number of nitrogens with zero attached hydrogens (tertiary/aromatic N) is 2. The maximum absolute atomic E-state index is 12.1. The summed E-state index contributed by atoms with van der Waals surface area (Å²) in [7, 11) is 0. The molecule has 0 radical (unpaired) electrons. The molecular weight excluding hydrogens is 386 g/mol. The van der Waals surface area contributed by atoms with Gasteiger partial charge < -0.3 is 19.1 Å². The van der Waals surface area contributed by atoms with E-state index in [-0.39, 0.29) is 12.2 Å². The predicted molar refractivity (Wildman–Crippen MR) is 112 cm³/mol. The Labute approximate surface area is 176 Å². The fourth-order valence-corrected chi connectivity index (χ4v) is 2.92. The summed E-state index contributed by atoms with van der Waals surface area (Å²) >= 11 is 0. The Morgan fingerprint density at radius 1 is 1.03 bits per heavy atom. The lowest BCUT2D eigenvalue weighted by atomic mass is 10.1. The number of anilines is 1. The van der Waals surface area contributed by atoms with Gasteiger partial charge in [-0.1, -0.05) is 18.2 Å². The molecule has 1 aliphatic heterocycles. The summed E-state index contributed by atoms with van der Waals surface area (Å²) in [4.78, 5) is 29.9. The molecule has 0 spiro atoms. The second-order valence-electron chi connectivity index (χ2n) is 7.99. The molecule has 1 fully saturated rings. The minimum absolute atomic E-state index is 0.00709. The van der Waals surface area contributed by atoms with Gasteiger partial charge in [-0.2, -0.15) is 0 Å². The van der Waals surface area contributed by atoms with Gasteiger partial charge in [-0.15, -0.1) is 0 Å². The van der Waals surface area contributed by atoms with Gasteiger partial charge in [0, 0.05) is 25.9 Å². The zero-order valence-electron chi connectivity index (χ0n) is 17.5. The van der Waals surface area contributed by atoms with Crippen LogP contribution in [0.15, 0.2) is 48.7 Å². The number of ether oxygens (including phenoxy) is 3. The normalized spacial score (nSPS) is 14.7. The van der Waals surface area contributed by atoms with Crippen molar-refractivity contribution in [1.29, 1.82) is 0 Å². The van der Waals surface area contributed by atoms with Gasteiger partial charge in [0.1, 0.15) is 29.0 Å². The van der Waals surface area contributed by atoms with E-state index in [0.717, 1.165) is 0 Å². The van der Waals surface area contributed by atoms with Crippen LogP contribution in [0.2, 0.25) is 0 Å². The first-order valence-electron chi connectivity index (χ1n) is 9.93. The average Bonchev–Trinajstić information content (AvgIpc) is 2.69. The molecule has 0 saturated carbocycles. The summed E-state index contributed by atoms with van der Waals surface area (Å²) in [5.74, 6) is 1.42. The van der Waals surface area contributed by atoms with Crippen molar-refractivity contribution in [3.63, 3.8) is 0 Å². The number of carbonyl (C=O) groups excluding carboxylic acids is 2. The van der Waals surface area contributed by atoms with Crippen molar-refractivity contribution in [2.45, 2.75) is 45.3 Å². The van der Waals surface area contributed by atoms with Gasteiger partial charge in [0.05, 0.1) is 6.20 Å². The molecular formula is C22H27N3O5. The van der Waals surface area contributed by atoms with Crippen LogP contribution in [0, 0.1) is 0 Å². The highest BCUT2D eigenvalue weighted by molar-refractivity contribution is 5.85. The van der Waals surface area contributed by atoms with Crippen molar-refractivity contribution in [2.24, 2.45) is 0 Å². The van der Waals surface area contributed by atoms with Gasteiger partial charge in [-0.05, 0) is 45.0 Å². The van der Waals surface area contributed by atoms with Crippen LogP contribution >= 0.6 is 0 Å². The van der Waals surface area contributed by atoms with Crippen molar-refractivity contribution in [1.82, 2.24) is 9.88 Å². The minimum atomic E-state index is -0.614. The molecule has 1 N–H and O–H groups in total. The fraction of sp³-hybridized carbons (Fsp3) is 0.409. The molecule has 8 heteroatoms. The lowest BCUT2D eigenvalue weighted by Crippen LogP contribution is -2.44. The van der Waals surface area contributed by atoms with E-state index in [9.17, 15) is 9.59 Å². The van der Waals surface area contributed by atoms with Gasteiger partial charge in [-0.3, -0.25) is 5.32 Å². The summed E-state index contributed by atoms with van der Waals surface area (Å²) in [6.45, 7) is 6.73. The van der Waals surface area contributed by atoms with E-state index in [4.69, 9.17) is 14.2 Å². The number of pyridine rings is 1. The molecule has 2 amide bonds. The first kappa shape index (κ1) is 21.4. The first-order chi connectivity index (χ1) is 14.3. The van der Waals surface area contributed by atoms with E-state index in [0.29, 0.717) is 43.2 Å². The standard InChI is InChI=1S/C22H27N3O5/c1-22(2,3)30-21(27)25-13-11-17(12-14-25)28-18-9-10-19(23-15-18)24-20(26)29-16-7-5-4-6-8-16/h4-10,15,17H,11-14H2,1-3H3,(H,23,24,26). The van der Waals surface area contributed by atoms with Gasteiger partial charge in [0.25, 0.3) is 0 Å². The Kier molecular flexibility index (Phi) is 6.76. The molecule has 1 aromatic heterocycles. The number of para-hydroxylation sites is 1. The van der Waals surface area contributed by atoms with Crippen molar-refractivity contribution >= 4 is 18.0 Å². The zero-order chi connectivity index (χ0) is 21.6. The summed E-state index contributed by atoms with van der Waals surface area (Å²) in [5, 5.41) is 2.57. The number of likely N-dealkylation sites (tertiary alicyclic amines) is 1. The van der Waals surface area contributed by atoms with Crippen LogP contribution in [0.25, 0.3) is 0 Å². The van der Waals surface area contributed by atoms with Crippen LogP contribution < -0.4 is 14.8 Å². The van der Waals surface area contributed by atoms with E-state index in [1.165, 1.54) is 0 Å². The first-order valence-corrected chi connectivity index (χ1v) is 9.93. The second kappa shape index (κ2) is 9.47. The molecule has 2 aromatic rings. The van der Waals surface area contributed by atoms with Gasteiger partial charge in [-0.25, -0.2) is 14.6 Å². The predicted octanol–water partition coefficient (Wildman–Crippen LogP) is 4.47. The molecule has 3 rings (SSSR count). The highest BCUT2D eigenvalue weighted by Crippen LogP contribution is 2.21. The number of aromatic nitrogens is 1. The maximum atomic E-state index is 12.1. The monoisotopic (exact) mass is 413 g/mol. The van der Waals surface area contributed by atoms with Gasteiger partial charge in [0.15, 0.2) is 0 Å². The Hall–Kier alpha value is -3.29. The Balaban J connectivity index is 1.44. The van der Waals surface area contributed by atoms with Crippen LogP contribution in [0.4, 0.5) is 15.4 Å². The zero-order valence-corrected chi connectivity index (χ0v) is 17.5. The van der Waals surface area contributed by atoms with Crippen molar-refractivity contribution in [3.05, 3.63) is 48.7 Å². The second-order valence-corrected chi connectivity index (χ2v) is 7.99. The van der Waals surface area contributed by atoms with E-state index >= 15 is 0 Å². The highest BCUT2D eigenvalue weighted by Gasteiger charge is 2.27. The van der Waals surface area contributed by atoms with Crippen LogP contribution in [-0.2, 0) is 4.74 Å². The summed E-state index contributed by atoms with van der Waals surface area (Å²) in [6, 6.07) is 12.2. The van der Waals surface area contributed by atoms with E-state index in [2.05, 4.69) is 10.3 Å². The molecule has 1 aromatic carbocycles. The van der Waals surface area contributed by atoms with Crippen molar-refractivity contribution in [3.8, 4) is 11.5 Å². The Morgan fingerprint density at radius 2 is 1.73 bits per heavy atom. The number of amides is 2. The Bertz CT molecular complexity index is 841. The van der Waals surface area contributed by atoms with Gasteiger partial charge >= 0.3 is 12.2 Å². The van der Waals surface area contributed by atoms with Crippen LogP contribution in [0.3, 0.4) is 0 Å². The summed E-state index contributed by atoms with van der Waals surface area (Å²) in [6.07, 6.45) is 2.06. The van der Waals surface area contributed by atoms with Crippen LogP contribution in [-0.4, -0.2) is 46.9 Å². The van der Waals surface area contributed by atoms with E-state index in [1.807, 2.05) is 26.8 Å². The quantitative estimate of drug-likeness (QED) is 0.795. The van der Waals surface area contributed by atoms with Crippen molar-refractivity contribution < 1.29 is 23.8 Å². The molecule has 2 heterocycles. The molecule has 30 heavy (non-hydrogen) atoms. The van der Waals surface area contributed by atoms with Gasteiger partial charge in [0.2, 0.25) is 0 Å². The average molecular weight is 413 g/mol. The van der Waals surface area contributed by atoms with Crippen LogP contribution in [0.5, 0.6) is 11.5 Å². The molecule has 0 bridgehead atoms. The third-order valence-electron chi connectivity index (χ3n) is 4.32. The van der Waals surface area contributed by atoms with E-state index in [1.54, 1.807) is 47.5 Å². The SMILES string of the molecule is CC(C)(C)OC(=O)N1CCC(Oc2ccc(NC(=O)Oc3ccccc3)nc2)CC1. The molecule has 1 aliphatic rings. The number of hydrogen-bond donors (Lipinski definition) is 1. The topological polar surface area (TPSA) is 90.0 Å². The fourth-order valence-electron chi connectivity index (χ4n) is 2.92. The van der Waals surface area contributed by atoms with Crippen LogP contribution in [0.1, 0.15) is 33.6 Å². The van der Waals surface area contributed by atoms with Crippen molar-refractivity contribution in [2.75, 3.05) is 18.4 Å². The number of piperidine rings is 1. The largest absolute Gasteiger partial charge is 0.489 e. The third kappa shape index (κ3) is 6.65. The lowest BCUT2D eigenvalue weighted by Gasteiger charge is -2.33. The molecule has 160 valence electrons. The number of nitrogens with one attached hydrogen (secondary N) is 1. The van der Waals surface area contributed by atoms with E-state index < -0.39 is 11.7 Å². The maximum Gasteiger partial charge on any atom is 0.418 e. The summed E-state index contributed by atoms with van der Waals surface area (Å²) < 4.78 is 16.5. The highest BCUT2D eigenvalue weighted by atomic mass is 16.6. The lowest BCUT2D eigenvalue weighted by molar-refractivity contribution is 0.0126. The molecule has 0 aliphatic carbocycles. The minimum Gasteiger partial charge on any atom is -0.489 e. The smallest absolute Gasteiger partial charge is 0.418 e. The number of carbonyl (C=O) groups is 2. The summed E-state index contributed by atoms with van der Waals surface area (Å²) in [5.41, 5.74) is -0.501. The molecule has 0 unspecified atom stereocenters.